The summed E-state index contributed by atoms with van der Waals surface area (Å²) >= 11 is 0. The molecule has 1 fully saturated rings. The minimum Gasteiger partial charge on any atom is -0.301 e. The number of hydrogen-bond acceptors (Lipinski definition) is 1. The molecule has 1 atom stereocenters. The second-order valence-corrected chi connectivity index (χ2v) is 4.12. The standard InChI is InChI=1S/C9H19N.O/c1-8-6-5-7-10(4)9(8,2)3;/h8H,5-7H2,1-4H3;. The molecule has 0 aliphatic carbocycles. The highest BCUT2D eigenvalue weighted by Crippen LogP contribution is 2.30. The maximum Gasteiger partial charge on any atom is 0.0175 e. The van der Waals surface area contributed by atoms with E-state index < -0.39 is 0 Å². The van der Waals surface area contributed by atoms with E-state index >= 15 is 0 Å². The second-order valence-electron chi connectivity index (χ2n) is 4.12. The molecule has 0 aromatic rings. The number of piperidine rings is 1. The Morgan fingerprint density at radius 1 is 1.36 bits per heavy atom. The number of rotatable bonds is 0. The molecule has 2 heteroatoms. The zero-order valence-corrected chi connectivity index (χ0v) is 8.05. The first-order valence-corrected chi connectivity index (χ1v) is 4.26. The van der Waals surface area contributed by atoms with Gasteiger partial charge < -0.3 is 4.90 Å². The lowest BCUT2D eigenvalue weighted by molar-refractivity contribution is 0.0547. The van der Waals surface area contributed by atoms with Gasteiger partial charge in [-0.3, -0.25) is 0 Å². The van der Waals surface area contributed by atoms with Crippen molar-refractivity contribution < 1.29 is 5.48 Å². The van der Waals surface area contributed by atoms with E-state index in [2.05, 4.69) is 32.7 Å². The van der Waals surface area contributed by atoms with Crippen molar-refractivity contribution in [3.63, 3.8) is 0 Å². The molecule has 1 rings (SSSR count). The van der Waals surface area contributed by atoms with Crippen LogP contribution < -0.4 is 0 Å². The van der Waals surface area contributed by atoms with E-state index in [9.17, 15) is 0 Å². The summed E-state index contributed by atoms with van der Waals surface area (Å²) in [6, 6.07) is 0. The summed E-state index contributed by atoms with van der Waals surface area (Å²) in [5, 5.41) is 0. The van der Waals surface area contributed by atoms with Crippen LogP contribution in [0.15, 0.2) is 0 Å². The van der Waals surface area contributed by atoms with Gasteiger partial charge in [-0.05, 0) is 46.2 Å². The lowest BCUT2D eigenvalue weighted by Gasteiger charge is -2.44. The molecule has 0 amide bonds. The van der Waals surface area contributed by atoms with Gasteiger partial charge in [0.1, 0.15) is 0 Å². The summed E-state index contributed by atoms with van der Waals surface area (Å²) in [5.41, 5.74) is 0.429. The fraction of sp³-hybridized carbons (Fsp3) is 1.00. The Balaban J connectivity index is 0.000001000. The van der Waals surface area contributed by atoms with E-state index in [1.807, 2.05) is 0 Å². The van der Waals surface area contributed by atoms with E-state index in [1.165, 1.54) is 19.4 Å². The van der Waals surface area contributed by atoms with E-state index in [-0.39, 0.29) is 5.48 Å². The Kier molecular flexibility index (Phi) is 3.52. The van der Waals surface area contributed by atoms with Gasteiger partial charge in [0.2, 0.25) is 0 Å². The topological polar surface area (TPSA) is 31.7 Å². The predicted molar refractivity (Wildman–Crippen MR) is 45.8 cm³/mol. The van der Waals surface area contributed by atoms with Gasteiger partial charge in [-0.25, -0.2) is 0 Å². The van der Waals surface area contributed by atoms with Crippen molar-refractivity contribution in [2.24, 2.45) is 5.92 Å². The van der Waals surface area contributed by atoms with E-state index in [1.54, 1.807) is 0 Å². The summed E-state index contributed by atoms with van der Waals surface area (Å²) < 4.78 is 0. The van der Waals surface area contributed by atoms with Gasteiger partial charge in [-0.1, -0.05) is 6.92 Å². The maximum atomic E-state index is 2.47. The Morgan fingerprint density at radius 2 is 1.91 bits per heavy atom. The monoisotopic (exact) mass is 157 g/mol. The summed E-state index contributed by atoms with van der Waals surface area (Å²) in [6.07, 6.45) is 2.78. The Bertz CT molecular complexity index is 111. The highest BCUT2D eigenvalue weighted by Gasteiger charge is 2.32. The minimum atomic E-state index is 0. The molecular weight excluding hydrogens is 138 g/mol. The third-order valence-electron chi connectivity index (χ3n) is 3.32. The zero-order chi connectivity index (χ0) is 7.78. The van der Waals surface area contributed by atoms with E-state index in [4.69, 9.17) is 0 Å². The predicted octanol–water partition coefficient (Wildman–Crippen LogP) is 2.01. The van der Waals surface area contributed by atoms with Crippen molar-refractivity contribution in [3.8, 4) is 0 Å². The molecule has 1 saturated heterocycles. The summed E-state index contributed by atoms with van der Waals surface area (Å²) in [6.45, 7) is 8.32. The first-order valence-electron chi connectivity index (χ1n) is 4.26. The SMILES string of the molecule is CC1CCCN(C)C1(C)C.[O]. The van der Waals surface area contributed by atoms with Crippen molar-refractivity contribution in [2.45, 2.75) is 39.2 Å². The molecule has 2 nitrogen and oxygen atoms in total. The third kappa shape index (κ3) is 1.94. The number of nitrogens with zero attached hydrogens (tertiary/aromatic N) is 1. The molecule has 1 heterocycles. The summed E-state index contributed by atoms with van der Waals surface area (Å²) in [4.78, 5) is 2.47. The van der Waals surface area contributed by atoms with Crippen LogP contribution in [0.5, 0.6) is 0 Å². The molecule has 0 aromatic heterocycles. The van der Waals surface area contributed by atoms with Gasteiger partial charge in [0.05, 0.1) is 0 Å². The summed E-state index contributed by atoms with van der Waals surface area (Å²) in [5.74, 6) is 0.853. The average molecular weight is 157 g/mol. The molecule has 0 saturated carbocycles. The van der Waals surface area contributed by atoms with Crippen LogP contribution in [-0.2, 0) is 5.48 Å². The molecular formula is C9H19NO. The van der Waals surface area contributed by atoms with Crippen molar-refractivity contribution in [2.75, 3.05) is 13.6 Å². The van der Waals surface area contributed by atoms with Crippen LogP contribution in [0, 0.1) is 5.92 Å². The maximum absolute atomic E-state index is 2.47. The van der Waals surface area contributed by atoms with Crippen LogP contribution >= 0.6 is 0 Å². The lowest BCUT2D eigenvalue weighted by atomic mass is 9.81. The van der Waals surface area contributed by atoms with Gasteiger partial charge in [0, 0.05) is 11.0 Å². The molecule has 1 aliphatic rings. The largest absolute Gasteiger partial charge is 0.301 e. The van der Waals surface area contributed by atoms with Gasteiger partial charge in [-0.2, -0.15) is 0 Å². The minimum absolute atomic E-state index is 0. The average Bonchev–Trinajstić information content (AvgIpc) is 1.84. The highest BCUT2D eigenvalue weighted by molar-refractivity contribution is 4.88. The lowest BCUT2D eigenvalue weighted by Crippen LogP contribution is -2.49. The fourth-order valence-electron chi connectivity index (χ4n) is 1.65. The first-order chi connectivity index (χ1) is 4.55. The van der Waals surface area contributed by atoms with E-state index in [0.717, 1.165) is 5.92 Å². The van der Waals surface area contributed by atoms with Gasteiger partial charge >= 0.3 is 0 Å². The van der Waals surface area contributed by atoms with Gasteiger partial charge in [0.15, 0.2) is 0 Å². The number of hydrogen-bond donors (Lipinski definition) is 0. The van der Waals surface area contributed by atoms with Crippen molar-refractivity contribution >= 4 is 0 Å². The van der Waals surface area contributed by atoms with Crippen LogP contribution in [-0.4, -0.2) is 24.0 Å². The van der Waals surface area contributed by atoms with Crippen LogP contribution in [0.1, 0.15) is 33.6 Å². The molecule has 1 unspecified atom stereocenters. The quantitative estimate of drug-likeness (QED) is 0.529. The van der Waals surface area contributed by atoms with Crippen LogP contribution in [0.4, 0.5) is 0 Å². The smallest absolute Gasteiger partial charge is 0.0175 e. The Morgan fingerprint density at radius 3 is 2.27 bits per heavy atom. The van der Waals surface area contributed by atoms with E-state index in [0.29, 0.717) is 5.54 Å². The highest BCUT2D eigenvalue weighted by atomic mass is 16.0. The van der Waals surface area contributed by atoms with Crippen molar-refractivity contribution in [3.05, 3.63) is 0 Å². The third-order valence-corrected chi connectivity index (χ3v) is 3.32. The van der Waals surface area contributed by atoms with Crippen LogP contribution in [0.3, 0.4) is 0 Å². The van der Waals surface area contributed by atoms with Gasteiger partial charge in [-0.15, -0.1) is 0 Å². The summed E-state index contributed by atoms with van der Waals surface area (Å²) in [7, 11) is 2.23. The molecule has 1 aliphatic heterocycles. The molecule has 0 bridgehead atoms. The molecule has 0 spiro atoms. The Hall–Kier alpha value is -0.0800. The van der Waals surface area contributed by atoms with Crippen LogP contribution in [0.2, 0.25) is 0 Å². The molecule has 2 radical (unpaired) electrons. The Labute approximate surface area is 69.9 Å². The molecule has 0 aromatic carbocycles. The first kappa shape index (κ1) is 10.9. The van der Waals surface area contributed by atoms with Crippen LogP contribution in [0.25, 0.3) is 0 Å². The molecule has 11 heavy (non-hydrogen) atoms. The van der Waals surface area contributed by atoms with Crippen molar-refractivity contribution in [1.82, 2.24) is 4.90 Å². The number of likely N-dealkylation sites (tertiary alicyclic amines) is 1. The normalized spacial score (nSPS) is 31.1. The fourth-order valence-corrected chi connectivity index (χ4v) is 1.65. The van der Waals surface area contributed by atoms with Gasteiger partial charge in [0.25, 0.3) is 0 Å². The van der Waals surface area contributed by atoms with Crippen molar-refractivity contribution in [1.29, 1.82) is 0 Å². The molecule has 66 valence electrons. The zero-order valence-electron chi connectivity index (χ0n) is 8.05. The molecule has 0 N–H and O–H groups in total. The second kappa shape index (κ2) is 3.55.